The number of aliphatic hydroxyl groups excluding tert-OH is 5. The van der Waals surface area contributed by atoms with Crippen LogP contribution >= 0.6 is 0 Å². The molecule has 0 saturated heterocycles. The lowest BCUT2D eigenvalue weighted by molar-refractivity contribution is -0.152. The van der Waals surface area contributed by atoms with Gasteiger partial charge in [-0.1, -0.05) is 53.7 Å². The molecule has 1 rings (SSSR count). The van der Waals surface area contributed by atoms with Crippen molar-refractivity contribution in [1.82, 2.24) is 0 Å². The predicted molar refractivity (Wildman–Crippen MR) is 116 cm³/mol. The average Bonchev–Trinajstić information content (AvgIpc) is 2.65. The molecule has 0 spiro atoms. The van der Waals surface area contributed by atoms with Crippen molar-refractivity contribution in [2.24, 2.45) is 0 Å². The van der Waals surface area contributed by atoms with E-state index >= 15 is 0 Å². The predicted octanol–water partition coefficient (Wildman–Crippen LogP) is 0.899. The molecule has 8 nitrogen and oxygen atoms in total. The van der Waals surface area contributed by atoms with E-state index in [4.69, 9.17) is 9.84 Å². The van der Waals surface area contributed by atoms with Gasteiger partial charge in [0.25, 0.3) is 0 Å². The van der Waals surface area contributed by atoms with Crippen LogP contribution in [0.1, 0.15) is 64.7 Å². The summed E-state index contributed by atoms with van der Waals surface area (Å²) in [5.74, 6) is -0.510. The number of rotatable bonds is 9. The first-order valence-electron chi connectivity index (χ1n) is 10.4. The molecule has 8 heteroatoms. The molecule has 178 valence electrons. The standard InChI is InChI=1S/C23H38O8/c1-22(2,3)14-9-13(10-15(19(14)28)23(4,5)6)7-8-31-18(27)11-16(25)20(29)21(30)17(26)12-24/h9-10,16-17,20-21,24-26,28-30H,7-8,11-12H2,1-6H3. The first-order chi connectivity index (χ1) is 14.1. The molecule has 4 unspecified atom stereocenters. The SMILES string of the molecule is CC(C)(C)c1cc(CCOC(=O)CC(O)C(O)C(O)C(O)CO)cc(C(C)(C)C)c1O. The van der Waals surface area contributed by atoms with Gasteiger partial charge in [-0.2, -0.15) is 0 Å². The molecule has 0 aromatic heterocycles. The number of esters is 1. The van der Waals surface area contributed by atoms with E-state index in [0.29, 0.717) is 6.42 Å². The number of benzene rings is 1. The molecule has 0 radical (unpaired) electrons. The summed E-state index contributed by atoms with van der Waals surface area (Å²) >= 11 is 0. The number of ether oxygens (including phenoxy) is 1. The second-order valence-electron chi connectivity index (χ2n) is 10.0. The zero-order valence-corrected chi connectivity index (χ0v) is 19.3. The lowest BCUT2D eigenvalue weighted by Crippen LogP contribution is -2.46. The van der Waals surface area contributed by atoms with Crippen LogP contribution in [0.2, 0.25) is 0 Å². The maximum Gasteiger partial charge on any atom is 0.308 e. The number of carbonyl (C=O) groups is 1. The number of aromatic hydroxyl groups is 1. The fourth-order valence-electron chi connectivity index (χ4n) is 3.18. The molecule has 0 heterocycles. The number of hydrogen-bond donors (Lipinski definition) is 6. The molecule has 1 aromatic carbocycles. The summed E-state index contributed by atoms with van der Waals surface area (Å²) < 4.78 is 5.15. The Kier molecular flexibility index (Phi) is 9.47. The normalized spacial score (nSPS) is 16.5. The van der Waals surface area contributed by atoms with Gasteiger partial charge in [0.15, 0.2) is 0 Å². The van der Waals surface area contributed by atoms with Crippen molar-refractivity contribution in [3.8, 4) is 5.75 Å². The molecular formula is C23H38O8. The molecule has 6 N–H and O–H groups in total. The van der Waals surface area contributed by atoms with Gasteiger partial charge in [0, 0.05) is 6.42 Å². The number of phenols is 1. The van der Waals surface area contributed by atoms with E-state index in [1.807, 2.05) is 53.7 Å². The molecule has 0 aliphatic rings. The molecule has 0 saturated carbocycles. The number of carbonyl (C=O) groups excluding carboxylic acids is 1. The number of aliphatic hydroxyl groups is 5. The van der Waals surface area contributed by atoms with E-state index in [2.05, 4.69) is 0 Å². The Hall–Kier alpha value is -1.71. The highest BCUT2D eigenvalue weighted by Crippen LogP contribution is 2.39. The fourth-order valence-corrected chi connectivity index (χ4v) is 3.18. The van der Waals surface area contributed by atoms with Crippen LogP contribution in [0.25, 0.3) is 0 Å². The number of phenolic OH excluding ortho intramolecular Hbond substituents is 1. The molecular weight excluding hydrogens is 404 g/mol. The Morgan fingerprint density at radius 2 is 1.35 bits per heavy atom. The minimum Gasteiger partial charge on any atom is -0.507 e. The monoisotopic (exact) mass is 442 g/mol. The van der Waals surface area contributed by atoms with Gasteiger partial charge in [0.05, 0.1) is 25.7 Å². The van der Waals surface area contributed by atoms with Crippen LogP contribution < -0.4 is 0 Å². The van der Waals surface area contributed by atoms with Crippen LogP contribution in [0.5, 0.6) is 5.75 Å². The third kappa shape index (κ3) is 7.73. The summed E-state index contributed by atoms with van der Waals surface area (Å²) in [5.41, 5.74) is 1.93. The summed E-state index contributed by atoms with van der Waals surface area (Å²) in [6.07, 6.45) is -7.08. The average molecular weight is 443 g/mol. The molecule has 31 heavy (non-hydrogen) atoms. The van der Waals surface area contributed by atoms with Crippen LogP contribution in [0.3, 0.4) is 0 Å². The van der Waals surface area contributed by atoms with Gasteiger partial charge in [-0.3, -0.25) is 4.79 Å². The summed E-state index contributed by atoms with van der Waals surface area (Å²) in [5, 5.41) is 58.1. The maximum atomic E-state index is 12.0. The van der Waals surface area contributed by atoms with Crippen molar-refractivity contribution in [3.05, 3.63) is 28.8 Å². The molecule has 1 aromatic rings. The number of hydrogen-bond acceptors (Lipinski definition) is 8. The second-order valence-corrected chi connectivity index (χ2v) is 10.0. The van der Waals surface area contributed by atoms with Gasteiger partial charge in [-0.05, 0) is 27.5 Å². The van der Waals surface area contributed by atoms with Gasteiger partial charge < -0.3 is 35.4 Å². The van der Waals surface area contributed by atoms with Gasteiger partial charge in [-0.15, -0.1) is 0 Å². The summed E-state index contributed by atoms with van der Waals surface area (Å²) in [4.78, 5) is 12.0. The van der Waals surface area contributed by atoms with Crippen LogP contribution in [0.15, 0.2) is 12.1 Å². The van der Waals surface area contributed by atoms with E-state index in [1.54, 1.807) is 0 Å². The van der Waals surface area contributed by atoms with Gasteiger partial charge in [0.2, 0.25) is 0 Å². The lowest BCUT2D eigenvalue weighted by atomic mass is 9.78. The van der Waals surface area contributed by atoms with Crippen molar-refractivity contribution >= 4 is 5.97 Å². The van der Waals surface area contributed by atoms with Crippen LogP contribution in [-0.2, 0) is 26.8 Å². The molecule has 0 amide bonds. The highest BCUT2D eigenvalue weighted by atomic mass is 16.5. The molecule has 0 aliphatic carbocycles. The summed E-state index contributed by atoms with van der Waals surface area (Å²) in [6, 6.07) is 3.79. The molecule has 4 atom stereocenters. The fraction of sp³-hybridized carbons (Fsp3) is 0.696. The zero-order valence-electron chi connectivity index (χ0n) is 19.3. The first kappa shape index (κ1) is 27.3. The van der Waals surface area contributed by atoms with Crippen LogP contribution in [-0.4, -0.2) is 74.2 Å². The van der Waals surface area contributed by atoms with Crippen molar-refractivity contribution in [2.75, 3.05) is 13.2 Å². The van der Waals surface area contributed by atoms with E-state index < -0.39 is 43.4 Å². The Bertz CT molecular complexity index is 697. The van der Waals surface area contributed by atoms with E-state index in [9.17, 15) is 30.3 Å². The Morgan fingerprint density at radius 3 is 1.77 bits per heavy atom. The Morgan fingerprint density at radius 1 is 0.903 bits per heavy atom. The van der Waals surface area contributed by atoms with Crippen LogP contribution in [0.4, 0.5) is 0 Å². The minimum atomic E-state index is -1.81. The third-order valence-electron chi connectivity index (χ3n) is 5.14. The van der Waals surface area contributed by atoms with E-state index in [0.717, 1.165) is 16.7 Å². The largest absolute Gasteiger partial charge is 0.507 e. The van der Waals surface area contributed by atoms with Crippen molar-refractivity contribution < 1.29 is 40.2 Å². The Balaban J connectivity index is 2.80. The highest BCUT2D eigenvalue weighted by Gasteiger charge is 2.31. The highest BCUT2D eigenvalue weighted by molar-refractivity contribution is 5.70. The maximum absolute atomic E-state index is 12.0. The van der Waals surface area contributed by atoms with Gasteiger partial charge >= 0.3 is 5.97 Å². The lowest BCUT2D eigenvalue weighted by Gasteiger charge is -2.28. The van der Waals surface area contributed by atoms with Gasteiger partial charge in [0.1, 0.15) is 24.1 Å². The third-order valence-corrected chi connectivity index (χ3v) is 5.14. The molecule has 0 fully saturated rings. The first-order valence-corrected chi connectivity index (χ1v) is 10.4. The topological polar surface area (TPSA) is 148 Å². The summed E-state index contributed by atoms with van der Waals surface area (Å²) in [7, 11) is 0. The van der Waals surface area contributed by atoms with E-state index in [1.165, 1.54) is 0 Å². The smallest absolute Gasteiger partial charge is 0.308 e. The summed E-state index contributed by atoms with van der Waals surface area (Å²) in [6.45, 7) is 11.3. The van der Waals surface area contributed by atoms with E-state index in [-0.39, 0.29) is 23.2 Å². The Labute approximate surface area is 184 Å². The minimum absolute atomic E-state index is 0.0292. The molecule has 0 aliphatic heterocycles. The quantitative estimate of drug-likeness (QED) is 0.309. The zero-order chi connectivity index (χ0) is 24.1. The van der Waals surface area contributed by atoms with Crippen molar-refractivity contribution in [2.45, 2.75) is 89.6 Å². The van der Waals surface area contributed by atoms with Crippen molar-refractivity contribution in [1.29, 1.82) is 0 Å². The molecule has 0 bridgehead atoms. The van der Waals surface area contributed by atoms with Crippen LogP contribution in [0, 0.1) is 0 Å². The van der Waals surface area contributed by atoms with Gasteiger partial charge in [-0.25, -0.2) is 0 Å². The van der Waals surface area contributed by atoms with Crippen molar-refractivity contribution in [3.63, 3.8) is 0 Å². The second kappa shape index (κ2) is 10.7.